The smallest absolute Gasteiger partial charge is 0.241 e. The fraction of sp³-hybridized carbons (Fsp3) is 0.368. The Morgan fingerprint density at radius 2 is 2.07 bits per heavy atom. The highest BCUT2D eigenvalue weighted by atomic mass is 32.2. The fourth-order valence-electron chi connectivity index (χ4n) is 2.95. The number of ether oxygens (including phenoxy) is 1. The lowest BCUT2D eigenvalue weighted by Gasteiger charge is -2.19. The van der Waals surface area contributed by atoms with E-state index in [4.69, 9.17) is 9.72 Å². The van der Waals surface area contributed by atoms with Crippen LogP contribution in [0, 0.1) is 5.82 Å². The Morgan fingerprint density at radius 1 is 1.32 bits per heavy atom. The molecule has 0 amide bonds. The van der Waals surface area contributed by atoms with Crippen molar-refractivity contribution in [3.63, 3.8) is 0 Å². The number of fused-ring (bicyclic) bond motifs is 4. The number of aromatic nitrogens is 4. The maximum atomic E-state index is 14.3. The predicted molar refractivity (Wildman–Crippen MR) is 106 cm³/mol. The van der Waals surface area contributed by atoms with Gasteiger partial charge in [-0.1, -0.05) is 4.40 Å². The maximum Gasteiger partial charge on any atom is 0.241 e. The molecule has 9 heteroatoms. The van der Waals surface area contributed by atoms with Crippen molar-refractivity contribution >= 4 is 28.1 Å². The summed E-state index contributed by atoms with van der Waals surface area (Å²) in [5.41, 5.74) is 3.89. The van der Waals surface area contributed by atoms with E-state index in [1.807, 2.05) is 34.0 Å². The lowest BCUT2D eigenvalue weighted by Crippen LogP contribution is -2.26. The number of benzene rings is 1. The minimum Gasteiger partial charge on any atom is -0.591 e. The van der Waals surface area contributed by atoms with E-state index in [0.717, 1.165) is 11.3 Å². The second-order valence-electron chi connectivity index (χ2n) is 7.69. The summed E-state index contributed by atoms with van der Waals surface area (Å²) >= 11 is -1.47. The molecule has 146 valence electrons. The van der Waals surface area contributed by atoms with Crippen LogP contribution < -0.4 is 4.74 Å². The second-order valence-corrected chi connectivity index (χ2v) is 9.59. The molecule has 1 unspecified atom stereocenters. The summed E-state index contributed by atoms with van der Waals surface area (Å²) in [6.45, 7) is 7.49. The summed E-state index contributed by atoms with van der Waals surface area (Å²) in [6, 6.07) is 2.65. The molecule has 0 fully saturated rings. The average Bonchev–Trinajstić information content (AvgIpc) is 2.99. The normalized spacial score (nSPS) is 15.2. The van der Waals surface area contributed by atoms with Gasteiger partial charge in [0, 0.05) is 24.9 Å². The molecule has 1 aliphatic rings. The molecule has 1 atom stereocenters. The number of aryl methyl sites for hydroxylation is 1. The second kappa shape index (κ2) is 6.52. The lowest BCUT2D eigenvalue weighted by molar-refractivity contribution is 0.284. The van der Waals surface area contributed by atoms with Gasteiger partial charge >= 0.3 is 0 Å². The van der Waals surface area contributed by atoms with Gasteiger partial charge in [-0.05, 0) is 33.8 Å². The van der Waals surface area contributed by atoms with Crippen molar-refractivity contribution in [2.24, 2.45) is 11.4 Å². The van der Waals surface area contributed by atoms with Gasteiger partial charge in [0.1, 0.15) is 39.9 Å². The standard InChI is InChI=1S/C19H20FN5O2S/c1-10(24-28(26)19(2,3)4)12-6-11(20)7-14-16(12)22-17-13-8-25(5)23-15(13)9-27-18(17)21-14/h6-8H,9H2,1-5H3. The van der Waals surface area contributed by atoms with Gasteiger partial charge in [0.15, 0.2) is 0 Å². The van der Waals surface area contributed by atoms with Crippen molar-refractivity contribution < 1.29 is 13.7 Å². The molecule has 0 saturated heterocycles. The summed E-state index contributed by atoms with van der Waals surface area (Å²) in [5, 5.41) is 4.37. The van der Waals surface area contributed by atoms with E-state index in [-0.39, 0.29) is 6.61 Å². The van der Waals surface area contributed by atoms with Crippen LogP contribution in [0.25, 0.3) is 22.3 Å². The molecule has 0 aliphatic carbocycles. The third-order valence-corrected chi connectivity index (χ3v) is 5.83. The summed E-state index contributed by atoms with van der Waals surface area (Å²) in [6.07, 6.45) is 1.86. The van der Waals surface area contributed by atoms with Crippen LogP contribution in [-0.2, 0) is 25.0 Å². The van der Waals surface area contributed by atoms with Crippen LogP contribution in [-0.4, -0.2) is 34.8 Å². The van der Waals surface area contributed by atoms with Gasteiger partial charge < -0.3 is 9.29 Å². The first-order valence-electron chi connectivity index (χ1n) is 8.78. The molecule has 7 nitrogen and oxygen atoms in total. The molecular weight excluding hydrogens is 381 g/mol. The van der Waals surface area contributed by atoms with Crippen LogP contribution in [0.1, 0.15) is 39.0 Å². The van der Waals surface area contributed by atoms with Gasteiger partial charge in [-0.2, -0.15) is 5.10 Å². The molecule has 4 rings (SSSR count). The van der Waals surface area contributed by atoms with Gasteiger partial charge in [-0.25, -0.2) is 14.4 Å². The van der Waals surface area contributed by atoms with Crippen LogP contribution in [0.5, 0.6) is 5.88 Å². The van der Waals surface area contributed by atoms with E-state index in [1.54, 1.807) is 11.6 Å². The number of halogens is 1. The van der Waals surface area contributed by atoms with Crippen molar-refractivity contribution in [3.8, 4) is 17.1 Å². The molecule has 1 aliphatic heterocycles. The van der Waals surface area contributed by atoms with Crippen LogP contribution in [0.4, 0.5) is 4.39 Å². The Labute approximate surface area is 165 Å². The van der Waals surface area contributed by atoms with Gasteiger partial charge in [0.05, 0.1) is 22.3 Å². The summed E-state index contributed by atoms with van der Waals surface area (Å²) in [4.78, 5) is 9.18. The molecule has 0 spiro atoms. The first kappa shape index (κ1) is 18.8. The predicted octanol–water partition coefficient (Wildman–Crippen LogP) is 3.33. The highest BCUT2D eigenvalue weighted by molar-refractivity contribution is 7.91. The van der Waals surface area contributed by atoms with Crippen molar-refractivity contribution in [2.75, 3.05) is 0 Å². The van der Waals surface area contributed by atoms with Crippen LogP contribution in [0.2, 0.25) is 0 Å². The Bertz CT molecular complexity index is 1120. The summed E-state index contributed by atoms with van der Waals surface area (Å²) in [7, 11) is 1.83. The van der Waals surface area contributed by atoms with Crippen LogP contribution in [0.15, 0.2) is 22.7 Å². The first-order chi connectivity index (χ1) is 13.1. The van der Waals surface area contributed by atoms with Crippen molar-refractivity contribution in [3.05, 3.63) is 35.4 Å². The Morgan fingerprint density at radius 3 is 2.79 bits per heavy atom. The molecular formula is C19H20FN5O2S. The fourth-order valence-corrected chi connectivity index (χ4v) is 3.57. The molecule has 0 bridgehead atoms. The van der Waals surface area contributed by atoms with E-state index in [2.05, 4.69) is 14.5 Å². The van der Waals surface area contributed by atoms with E-state index in [1.165, 1.54) is 12.1 Å². The Balaban J connectivity index is 1.92. The monoisotopic (exact) mass is 401 g/mol. The first-order valence-corrected chi connectivity index (χ1v) is 9.89. The maximum absolute atomic E-state index is 14.3. The SMILES string of the molecule is CC(=N[S+]([O-])C(C)(C)C)c1cc(F)cc2nc3c(nc12)-c1cn(C)nc1CO3. The zero-order valence-corrected chi connectivity index (χ0v) is 17.1. The average molecular weight is 401 g/mol. The molecule has 0 radical (unpaired) electrons. The quantitative estimate of drug-likeness (QED) is 0.485. The van der Waals surface area contributed by atoms with Gasteiger partial charge in [0.25, 0.3) is 0 Å². The minimum atomic E-state index is -1.47. The highest BCUT2D eigenvalue weighted by Crippen LogP contribution is 2.36. The molecule has 0 N–H and O–H groups in total. The van der Waals surface area contributed by atoms with Gasteiger partial charge in [-0.3, -0.25) is 4.68 Å². The van der Waals surface area contributed by atoms with E-state index in [0.29, 0.717) is 33.9 Å². The number of hydrogen-bond donors (Lipinski definition) is 0. The van der Waals surface area contributed by atoms with Gasteiger partial charge in [0.2, 0.25) is 5.88 Å². The zero-order chi connectivity index (χ0) is 20.2. The Kier molecular flexibility index (Phi) is 4.39. The summed E-state index contributed by atoms with van der Waals surface area (Å²) < 4.78 is 37.8. The van der Waals surface area contributed by atoms with Gasteiger partial charge in [-0.15, -0.1) is 0 Å². The molecule has 2 aromatic heterocycles. The summed E-state index contributed by atoms with van der Waals surface area (Å²) in [5.74, 6) is -0.122. The lowest BCUT2D eigenvalue weighted by atomic mass is 10.1. The third kappa shape index (κ3) is 3.24. The number of rotatable bonds is 2. The van der Waals surface area contributed by atoms with Crippen molar-refractivity contribution in [1.29, 1.82) is 0 Å². The van der Waals surface area contributed by atoms with Crippen molar-refractivity contribution in [2.45, 2.75) is 39.0 Å². The Hall–Kier alpha value is -2.52. The van der Waals surface area contributed by atoms with Crippen LogP contribution in [0.3, 0.4) is 0 Å². The minimum absolute atomic E-state index is 0.288. The number of hydrogen-bond acceptors (Lipinski definition) is 6. The zero-order valence-electron chi connectivity index (χ0n) is 16.3. The third-order valence-electron chi connectivity index (χ3n) is 4.34. The van der Waals surface area contributed by atoms with E-state index >= 15 is 0 Å². The molecule has 28 heavy (non-hydrogen) atoms. The van der Waals surface area contributed by atoms with Crippen LogP contribution >= 0.6 is 0 Å². The molecule has 0 saturated carbocycles. The largest absolute Gasteiger partial charge is 0.591 e. The molecule has 3 aromatic rings. The molecule has 1 aromatic carbocycles. The number of nitrogens with zero attached hydrogens (tertiary/aromatic N) is 5. The van der Waals surface area contributed by atoms with E-state index in [9.17, 15) is 8.94 Å². The topological polar surface area (TPSA) is 88.2 Å². The highest BCUT2D eigenvalue weighted by Gasteiger charge is 2.28. The van der Waals surface area contributed by atoms with Crippen molar-refractivity contribution in [1.82, 2.24) is 19.7 Å². The molecule has 3 heterocycles. The van der Waals surface area contributed by atoms with E-state index < -0.39 is 21.9 Å².